The summed E-state index contributed by atoms with van der Waals surface area (Å²) in [5.74, 6) is 1.03. The Hall–Kier alpha value is -0.780. The second kappa shape index (κ2) is 5.25. The summed E-state index contributed by atoms with van der Waals surface area (Å²) in [7, 11) is -3.37. The molecule has 1 aromatic carbocycles. The monoisotopic (exact) mass is 275 g/mol. The van der Waals surface area contributed by atoms with Crippen LogP contribution < -0.4 is 9.46 Å². The van der Waals surface area contributed by atoms with Gasteiger partial charge in [-0.15, -0.1) is 11.6 Å². The molecule has 0 spiro atoms. The van der Waals surface area contributed by atoms with E-state index in [9.17, 15) is 8.42 Å². The fraction of sp³-hybridized carbons (Fsp3) is 0.455. The number of benzene rings is 1. The van der Waals surface area contributed by atoms with Gasteiger partial charge >= 0.3 is 0 Å². The van der Waals surface area contributed by atoms with Gasteiger partial charge in [0.15, 0.2) is 0 Å². The van der Waals surface area contributed by atoms with Crippen LogP contribution in [0.2, 0.25) is 0 Å². The van der Waals surface area contributed by atoms with Gasteiger partial charge in [-0.3, -0.25) is 0 Å². The number of nitrogens with one attached hydrogen (secondary N) is 1. The molecule has 17 heavy (non-hydrogen) atoms. The molecule has 1 aliphatic rings. The van der Waals surface area contributed by atoms with Gasteiger partial charge in [-0.1, -0.05) is 0 Å². The number of hydrogen-bond acceptors (Lipinski definition) is 3. The van der Waals surface area contributed by atoms with Crippen LogP contribution >= 0.6 is 11.6 Å². The lowest BCUT2D eigenvalue weighted by Crippen LogP contribution is -2.25. The summed E-state index contributed by atoms with van der Waals surface area (Å²) in [6.45, 7) is 0.411. The van der Waals surface area contributed by atoms with E-state index in [1.165, 1.54) is 12.1 Å². The van der Waals surface area contributed by atoms with E-state index in [2.05, 4.69) is 4.72 Å². The molecule has 6 heteroatoms. The van der Waals surface area contributed by atoms with Gasteiger partial charge in [0.25, 0.3) is 0 Å². The van der Waals surface area contributed by atoms with E-state index < -0.39 is 10.0 Å². The van der Waals surface area contributed by atoms with Crippen LogP contribution in [0.3, 0.4) is 0 Å². The first kappa shape index (κ1) is 12.7. The van der Waals surface area contributed by atoms with E-state index in [4.69, 9.17) is 16.3 Å². The molecule has 0 heterocycles. The largest absolute Gasteiger partial charge is 0.492 e. The molecule has 0 aromatic heterocycles. The summed E-state index contributed by atoms with van der Waals surface area (Å²) in [5.41, 5.74) is 0. The van der Waals surface area contributed by atoms with Crippen molar-refractivity contribution in [1.29, 1.82) is 0 Å². The minimum atomic E-state index is -3.37. The standard InChI is InChI=1S/C11H14ClNO3S/c12-7-8-16-10-3-5-11(6-4-10)17(14,15)13-9-1-2-9/h3-6,9,13H,1-2,7-8H2. The Morgan fingerprint density at radius 1 is 1.29 bits per heavy atom. The molecule has 0 aliphatic heterocycles. The lowest BCUT2D eigenvalue weighted by Gasteiger charge is -2.07. The summed E-state index contributed by atoms with van der Waals surface area (Å²) in [6.07, 6.45) is 1.85. The number of halogens is 1. The average molecular weight is 276 g/mol. The molecule has 1 saturated carbocycles. The Kier molecular flexibility index (Phi) is 3.91. The Morgan fingerprint density at radius 3 is 2.47 bits per heavy atom. The van der Waals surface area contributed by atoms with Gasteiger partial charge in [0.05, 0.1) is 10.8 Å². The number of rotatable bonds is 6. The quantitative estimate of drug-likeness (QED) is 0.805. The Labute approximate surface area is 106 Å². The van der Waals surface area contributed by atoms with Crippen molar-refractivity contribution in [3.8, 4) is 5.75 Å². The van der Waals surface area contributed by atoms with E-state index in [1.807, 2.05) is 0 Å². The van der Waals surface area contributed by atoms with Crippen LogP contribution in [0.4, 0.5) is 0 Å². The molecule has 4 nitrogen and oxygen atoms in total. The molecule has 94 valence electrons. The Bertz CT molecular complexity index is 468. The zero-order valence-corrected chi connectivity index (χ0v) is 10.8. The SMILES string of the molecule is O=S(=O)(NC1CC1)c1ccc(OCCCl)cc1. The maximum Gasteiger partial charge on any atom is 0.240 e. The second-order valence-electron chi connectivity index (χ2n) is 3.90. The highest BCUT2D eigenvalue weighted by atomic mass is 35.5. The predicted molar refractivity (Wildman–Crippen MR) is 66.0 cm³/mol. The van der Waals surface area contributed by atoms with Crippen molar-refractivity contribution in [3.05, 3.63) is 24.3 Å². The van der Waals surface area contributed by atoms with Gasteiger partial charge in [0.1, 0.15) is 12.4 Å². The molecule has 0 saturated heterocycles. The maximum atomic E-state index is 11.8. The molecular formula is C11H14ClNO3S. The van der Waals surface area contributed by atoms with Crippen molar-refractivity contribution in [2.24, 2.45) is 0 Å². The third-order valence-corrected chi connectivity index (χ3v) is 4.07. The molecule has 1 aliphatic carbocycles. The van der Waals surface area contributed by atoms with Gasteiger partial charge in [-0.05, 0) is 37.1 Å². The van der Waals surface area contributed by atoms with Crippen LogP contribution in [-0.4, -0.2) is 26.9 Å². The van der Waals surface area contributed by atoms with E-state index in [1.54, 1.807) is 12.1 Å². The molecule has 0 bridgehead atoms. The van der Waals surface area contributed by atoms with Crippen LogP contribution in [0.25, 0.3) is 0 Å². The predicted octanol–water partition coefficient (Wildman–Crippen LogP) is 1.74. The lowest BCUT2D eigenvalue weighted by molar-refractivity contribution is 0.342. The van der Waals surface area contributed by atoms with Crippen molar-refractivity contribution in [2.75, 3.05) is 12.5 Å². The lowest BCUT2D eigenvalue weighted by atomic mass is 10.3. The van der Waals surface area contributed by atoms with Gasteiger partial charge < -0.3 is 4.74 Å². The van der Waals surface area contributed by atoms with Crippen LogP contribution in [-0.2, 0) is 10.0 Å². The third kappa shape index (κ3) is 3.59. The molecule has 0 radical (unpaired) electrons. The first-order chi connectivity index (χ1) is 8.12. The average Bonchev–Trinajstić information content (AvgIpc) is 3.10. The van der Waals surface area contributed by atoms with E-state index >= 15 is 0 Å². The van der Waals surface area contributed by atoms with Crippen molar-refractivity contribution >= 4 is 21.6 Å². The molecule has 2 rings (SSSR count). The van der Waals surface area contributed by atoms with Crippen LogP contribution in [0.5, 0.6) is 5.75 Å². The van der Waals surface area contributed by atoms with Gasteiger partial charge in [-0.2, -0.15) is 0 Å². The zero-order chi connectivity index (χ0) is 12.3. The highest BCUT2D eigenvalue weighted by molar-refractivity contribution is 7.89. The Morgan fingerprint density at radius 2 is 1.94 bits per heavy atom. The number of sulfonamides is 1. The first-order valence-corrected chi connectivity index (χ1v) is 7.45. The summed E-state index contributed by atoms with van der Waals surface area (Å²) in [5, 5.41) is 0. The maximum absolute atomic E-state index is 11.8. The molecule has 0 unspecified atom stereocenters. The fourth-order valence-electron chi connectivity index (χ4n) is 1.36. The zero-order valence-electron chi connectivity index (χ0n) is 9.23. The highest BCUT2D eigenvalue weighted by Gasteiger charge is 2.27. The topological polar surface area (TPSA) is 55.4 Å². The van der Waals surface area contributed by atoms with Gasteiger partial charge in [0.2, 0.25) is 10.0 Å². The van der Waals surface area contributed by atoms with Crippen LogP contribution in [0.1, 0.15) is 12.8 Å². The normalized spacial score (nSPS) is 15.8. The summed E-state index contributed by atoms with van der Waals surface area (Å²) < 4.78 is 31.6. The number of hydrogen-bond donors (Lipinski definition) is 1. The van der Waals surface area contributed by atoms with Crippen molar-refractivity contribution in [3.63, 3.8) is 0 Å². The summed E-state index contributed by atoms with van der Waals surface area (Å²) >= 11 is 5.49. The summed E-state index contributed by atoms with van der Waals surface area (Å²) in [4.78, 5) is 0.266. The van der Waals surface area contributed by atoms with Gasteiger partial charge in [-0.25, -0.2) is 13.1 Å². The minimum absolute atomic E-state index is 0.118. The summed E-state index contributed by atoms with van der Waals surface area (Å²) in [6, 6.07) is 6.46. The van der Waals surface area contributed by atoms with Crippen molar-refractivity contribution in [2.45, 2.75) is 23.8 Å². The molecule has 0 amide bonds. The molecule has 1 aromatic rings. The molecular weight excluding hydrogens is 262 g/mol. The number of ether oxygens (including phenoxy) is 1. The Balaban J connectivity index is 2.05. The van der Waals surface area contributed by atoms with E-state index in [0.29, 0.717) is 18.2 Å². The smallest absolute Gasteiger partial charge is 0.240 e. The minimum Gasteiger partial charge on any atom is -0.492 e. The molecule has 1 N–H and O–H groups in total. The van der Waals surface area contributed by atoms with Crippen LogP contribution in [0, 0.1) is 0 Å². The molecule has 0 atom stereocenters. The highest BCUT2D eigenvalue weighted by Crippen LogP contribution is 2.23. The van der Waals surface area contributed by atoms with E-state index in [0.717, 1.165) is 12.8 Å². The van der Waals surface area contributed by atoms with Crippen molar-refractivity contribution < 1.29 is 13.2 Å². The third-order valence-electron chi connectivity index (χ3n) is 2.38. The fourth-order valence-corrected chi connectivity index (χ4v) is 2.74. The number of alkyl halides is 1. The van der Waals surface area contributed by atoms with Crippen molar-refractivity contribution in [1.82, 2.24) is 4.72 Å². The van der Waals surface area contributed by atoms with Gasteiger partial charge in [0, 0.05) is 6.04 Å². The second-order valence-corrected chi connectivity index (χ2v) is 6.00. The van der Waals surface area contributed by atoms with Crippen LogP contribution in [0.15, 0.2) is 29.2 Å². The first-order valence-electron chi connectivity index (χ1n) is 5.43. The van der Waals surface area contributed by atoms with E-state index in [-0.39, 0.29) is 10.9 Å². The molecule has 1 fully saturated rings.